The van der Waals surface area contributed by atoms with Crippen LogP contribution in [0.25, 0.3) is 45.6 Å². The molecule has 0 fully saturated rings. The summed E-state index contributed by atoms with van der Waals surface area (Å²) in [6.07, 6.45) is 4.86. The van der Waals surface area contributed by atoms with Crippen LogP contribution >= 0.6 is 17.0 Å². The molecule has 6 aromatic rings. The van der Waals surface area contributed by atoms with Crippen molar-refractivity contribution in [2.24, 2.45) is 0 Å². The summed E-state index contributed by atoms with van der Waals surface area (Å²) in [5, 5.41) is 0. The summed E-state index contributed by atoms with van der Waals surface area (Å²) < 4.78 is 12.9. The Morgan fingerprint density at radius 2 is 0.931 bits per heavy atom. The zero-order valence-corrected chi connectivity index (χ0v) is 40.7. The maximum atomic E-state index is 7.44. The second-order valence-corrected chi connectivity index (χ2v) is 41.0. The molecule has 0 radical (unpaired) electrons. The maximum absolute atomic E-state index is 7.44. The summed E-state index contributed by atoms with van der Waals surface area (Å²) in [6, 6.07) is 33.8. The molecule has 0 saturated heterocycles. The van der Waals surface area contributed by atoms with Crippen LogP contribution in [0.1, 0.15) is 130 Å². The molecule has 6 heteroatoms. The average Bonchev–Trinajstić information content (AvgIpc) is 3.98. The Balaban J connectivity index is 1.23. The van der Waals surface area contributed by atoms with Gasteiger partial charge in [-0.2, -0.15) is 0 Å². The van der Waals surface area contributed by atoms with Gasteiger partial charge in [0.25, 0.3) is 0 Å². The predicted molar refractivity (Wildman–Crippen MR) is 247 cm³/mol. The molecular formula is C52H55Cl2O2SiZr. The third-order valence-corrected chi connectivity index (χ3v) is 34.8. The number of benzene rings is 4. The summed E-state index contributed by atoms with van der Waals surface area (Å²) in [7, 11) is 14.9. The van der Waals surface area contributed by atoms with E-state index in [0.29, 0.717) is 11.8 Å². The van der Waals surface area contributed by atoms with Crippen LogP contribution in [0.5, 0.6) is 0 Å². The van der Waals surface area contributed by atoms with Gasteiger partial charge in [-0.1, -0.05) is 0 Å². The Bertz CT molecular complexity index is 2390. The first-order chi connectivity index (χ1) is 27.7. The van der Waals surface area contributed by atoms with Crippen molar-refractivity contribution in [1.82, 2.24) is 0 Å². The van der Waals surface area contributed by atoms with Crippen molar-refractivity contribution in [3.63, 3.8) is 0 Å². The van der Waals surface area contributed by atoms with Crippen molar-refractivity contribution in [3.05, 3.63) is 164 Å². The van der Waals surface area contributed by atoms with Gasteiger partial charge >= 0.3 is 364 Å². The molecule has 2 aliphatic carbocycles. The molecule has 297 valence electrons. The van der Waals surface area contributed by atoms with E-state index < -0.39 is 24.4 Å². The third kappa shape index (κ3) is 7.73. The first-order valence-electron chi connectivity index (χ1n) is 20.9. The van der Waals surface area contributed by atoms with Crippen LogP contribution in [0.3, 0.4) is 0 Å². The van der Waals surface area contributed by atoms with Crippen molar-refractivity contribution < 1.29 is 27.4 Å². The quantitative estimate of drug-likeness (QED) is 0.121. The van der Waals surface area contributed by atoms with Crippen LogP contribution in [0.2, 0.25) is 12.1 Å². The number of halogens is 2. The van der Waals surface area contributed by atoms with Crippen molar-refractivity contribution in [1.29, 1.82) is 0 Å². The standard InChI is InChI=1S/C52H55O2Si.2ClH.Zr/c1-29(2)37-13-17-39(18-14-37)51-35(9)31(5)23-41-45(51)25-43(49-21-11-33(7)53-49)47(41)27-55-28-48-42-24-32(6)36(10)52(40-19-15-38(16-20-40)30(3)4)46(42)26-44(48)50-22-12-34(8)54-50;;;/h11-26,29-30,47-48,55H,27-28H2,1-10H3;2*1H;/q;;;+2/p-2. The van der Waals surface area contributed by atoms with E-state index in [0.717, 1.165) is 35.1 Å². The SMILES string of the molecule is Cc1ccc(C2=Cc3c(cc(C)c(C)c3-c3ccc(C(C)C)cc3)C2C[SiH](CC2C(c3ccc(C)o3)=Cc3c2cc(C)c(C)c3-c2ccc(C(C)C)cc2)[Zr]([Cl])[Cl])o1. The number of fused-ring (bicyclic) bond motifs is 2. The first-order valence-corrected chi connectivity index (χ1v) is 33.7. The van der Waals surface area contributed by atoms with Gasteiger partial charge in [0.05, 0.1) is 0 Å². The molecule has 2 atom stereocenters. The van der Waals surface area contributed by atoms with Crippen LogP contribution in [-0.4, -0.2) is 5.92 Å². The van der Waals surface area contributed by atoms with Gasteiger partial charge in [-0.05, 0) is 0 Å². The topological polar surface area (TPSA) is 26.3 Å². The normalized spacial score (nSPS) is 16.5. The molecule has 58 heavy (non-hydrogen) atoms. The Kier molecular flexibility index (Phi) is 11.8. The van der Waals surface area contributed by atoms with Crippen LogP contribution in [0, 0.1) is 41.5 Å². The summed E-state index contributed by atoms with van der Waals surface area (Å²) >= 11 is -2.80. The van der Waals surface area contributed by atoms with Crippen molar-refractivity contribution in [2.75, 3.05) is 0 Å². The number of allylic oxidation sites excluding steroid dienone is 2. The van der Waals surface area contributed by atoms with E-state index in [1.165, 1.54) is 89.0 Å². The fraction of sp³-hybridized carbons (Fsp3) is 0.308. The molecule has 2 heterocycles. The minimum atomic E-state index is -2.80. The predicted octanol–water partition coefficient (Wildman–Crippen LogP) is 15.9. The van der Waals surface area contributed by atoms with E-state index in [9.17, 15) is 0 Å². The van der Waals surface area contributed by atoms with Gasteiger partial charge in [-0.15, -0.1) is 0 Å². The van der Waals surface area contributed by atoms with Crippen molar-refractivity contribution >= 4 is 46.2 Å². The van der Waals surface area contributed by atoms with Crippen LogP contribution in [-0.2, 0) is 18.5 Å². The molecule has 2 aliphatic rings. The third-order valence-electron chi connectivity index (χ3n) is 13.1. The van der Waals surface area contributed by atoms with Gasteiger partial charge < -0.3 is 0 Å². The van der Waals surface area contributed by atoms with Crippen molar-refractivity contribution in [3.8, 4) is 22.3 Å². The molecule has 2 nitrogen and oxygen atoms in total. The molecule has 0 amide bonds. The van der Waals surface area contributed by atoms with E-state index in [-0.39, 0.29) is 11.8 Å². The number of rotatable bonds is 11. The number of hydrogen-bond acceptors (Lipinski definition) is 2. The summed E-state index contributed by atoms with van der Waals surface area (Å²) in [5.74, 6) is 3.29. The molecule has 0 saturated carbocycles. The van der Waals surface area contributed by atoms with Gasteiger partial charge in [0.1, 0.15) is 0 Å². The molecule has 0 N–H and O–H groups in total. The van der Waals surface area contributed by atoms with Gasteiger partial charge in [0.15, 0.2) is 0 Å². The molecule has 8 rings (SSSR count). The Labute approximate surface area is 361 Å². The molecule has 2 aromatic heterocycles. The molecule has 0 bridgehead atoms. The first kappa shape index (κ1) is 41.3. The van der Waals surface area contributed by atoms with E-state index >= 15 is 0 Å². The second kappa shape index (κ2) is 16.6. The van der Waals surface area contributed by atoms with E-state index in [1.807, 2.05) is 13.8 Å². The monoisotopic (exact) mass is 899 g/mol. The zero-order chi connectivity index (χ0) is 41.2. The van der Waals surface area contributed by atoms with E-state index in [1.54, 1.807) is 0 Å². The van der Waals surface area contributed by atoms with E-state index in [2.05, 4.69) is 152 Å². The van der Waals surface area contributed by atoms with Gasteiger partial charge in [0.2, 0.25) is 0 Å². The summed E-state index contributed by atoms with van der Waals surface area (Å²) in [5.41, 5.74) is 21.1. The Morgan fingerprint density at radius 3 is 1.24 bits per heavy atom. The summed E-state index contributed by atoms with van der Waals surface area (Å²) in [6.45, 7) is 22.2. The number of aryl methyl sites for hydroxylation is 4. The molecule has 2 unspecified atom stereocenters. The molecule has 4 aromatic carbocycles. The number of furan rings is 2. The Hall–Kier alpha value is -3.40. The van der Waals surface area contributed by atoms with Crippen molar-refractivity contribution in [2.45, 2.75) is 105 Å². The minimum absolute atomic E-state index is 0.159. The van der Waals surface area contributed by atoms with Gasteiger partial charge in [-0.3, -0.25) is 0 Å². The second-order valence-electron chi connectivity index (χ2n) is 17.5. The Morgan fingerprint density at radius 1 is 0.552 bits per heavy atom. The number of hydrogen-bond donors (Lipinski definition) is 0. The molecule has 0 spiro atoms. The fourth-order valence-corrected chi connectivity index (χ4v) is 24.6. The summed E-state index contributed by atoms with van der Waals surface area (Å²) in [4.78, 5) is 0. The zero-order valence-electron chi connectivity index (χ0n) is 35.6. The van der Waals surface area contributed by atoms with Crippen LogP contribution in [0.15, 0.2) is 93.8 Å². The van der Waals surface area contributed by atoms with Crippen LogP contribution in [0.4, 0.5) is 0 Å². The fourth-order valence-electron chi connectivity index (χ4n) is 9.49. The molecular weight excluding hydrogens is 847 g/mol. The van der Waals surface area contributed by atoms with Gasteiger partial charge in [-0.25, -0.2) is 0 Å². The van der Waals surface area contributed by atoms with E-state index in [4.69, 9.17) is 25.9 Å². The van der Waals surface area contributed by atoms with Gasteiger partial charge in [0, 0.05) is 0 Å². The molecule has 0 aliphatic heterocycles. The average molecular weight is 902 g/mol. The van der Waals surface area contributed by atoms with Crippen LogP contribution < -0.4 is 0 Å².